The first-order valence-corrected chi connectivity index (χ1v) is 19.0. The van der Waals surface area contributed by atoms with Crippen molar-refractivity contribution >= 4 is 21.2 Å². The largest absolute Gasteiger partial charge is 0.457 e. The first kappa shape index (κ1) is 36.6. The van der Waals surface area contributed by atoms with Gasteiger partial charge in [0.2, 0.25) is 0 Å². The molecule has 0 aliphatic heterocycles. The van der Waals surface area contributed by atoms with Crippen molar-refractivity contribution in [2.75, 3.05) is 37.9 Å². The molecule has 8 nitrogen and oxygen atoms in total. The molecule has 240 valence electrons. The van der Waals surface area contributed by atoms with E-state index in [-0.39, 0.29) is 30.7 Å². The van der Waals surface area contributed by atoms with Crippen molar-refractivity contribution in [3.63, 3.8) is 0 Å². The van der Waals surface area contributed by atoms with E-state index in [2.05, 4.69) is 21.9 Å². The van der Waals surface area contributed by atoms with Crippen LogP contribution in [0, 0.1) is 0 Å². The van der Waals surface area contributed by atoms with Gasteiger partial charge in [0.25, 0.3) is 0 Å². The van der Waals surface area contributed by atoms with Gasteiger partial charge in [-0.1, -0.05) is 103 Å². The van der Waals surface area contributed by atoms with Crippen molar-refractivity contribution < 1.29 is 22.6 Å². The second kappa shape index (κ2) is 24.8. The lowest BCUT2D eigenvalue weighted by atomic mass is 10.0. The molecule has 0 spiro atoms. The topological polar surface area (TPSA) is 101 Å². The minimum absolute atomic E-state index is 0.0699. The molecule has 2 aromatic heterocycles. The highest BCUT2D eigenvalue weighted by molar-refractivity contribution is 7.91. The summed E-state index contributed by atoms with van der Waals surface area (Å²) in [5.41, 5.74) is 0. The summed E-state index contributed by atoms with van der Waals surface area (Å²) in [4.78, 5) is 12.4. The van der Waals surface area contributed by atoms with Crippen LogP contribution < -0.4 is 4.74 Å². The predicted molar refractivity (Wildman–Crippen MR) is 172 cm³/mol. The van der Waals surface area contributed by atoms with E-state index in [1.807, 2.05) is 5.38 Å². The van der Waals surface area contributed by atoms with Crippen LogP contribution in [0.2, 0.25) is 0 Å². The first-order chi connectivity index (χ1) is 20.6. The molecule has 2 aromatic rings. The van der Waals surface area contributed by atoms with Crippen molar-refractivity contribution in [1.29, 1.82) is 0 Å². The van der Waals surface area contributed by atoms with Gasteiger partial charge in [0.15, 0.2) is 9.84 Å². The molecule has 2 heterocycles. The van der Waals surface area contributed by atoms with Crippen LogP contribution in [0.3, 0.4) is 0 Å². The smallest absolute Gasteiger partial charge is 0.316 e. The van der Waals surface area contributed by atoms with Crippen LogP contribution in [0.25, 0.3) is 0 Å². The Morgan fingerprint density at radius 1 is 0.714 bits per heavy atom. The Hall–Kier alpha value is -1.62. The molecule has 1 atom stereocenters. The van der Waals surface area contributed by atoms with Gasteiger partial charge in [0.1, 0.15) is 6.10 Å². The number of thiazole rings is 1. The Labute approximate surface area is 259 Å². The van der Waals surface area contributed by atoms with Gasteiger partial charge in [-0.25, -0.2) is 23.4 Å². The molecule has 0 saturated carbocycles. The van der Waals surface area contributed by atoms with Crippen LogP contribution in [-0.2, 0) is 25.7 Å². The summed E-state index contributed by atoms with van der Waals surface area (Å²) in [7, 11) is -3.41. The van der Waals surface area contributed by atoms with E-state index in [1.165, 1.54) is 89.9 Å². The van der Waals surface area contributed by atoms with Gasteiger partial charge < -0.3 is 14.2 Å². The van der Waals surface area contributed by atoms with E-state index in [4.69, 9.17) is 14.2 Å². The number of hydrogen-bond acceptors (Lipinski definition) is 9. The van der Waals surface area contributed by atoms with Gasteiger partial charge in [0.05, 0.1) is 36.3 Å². The Bertz CT molecular complexity index is 962. The summed E-state index contributed by atoms with van der Waals surface area (Å²) >= 11 is 1.57. The highest BCUT2D eigenvalue weighted by Crippen LogP contribution is 2.14. The van der Waals surface area contributed by atoms with Gasteiger partial charge in [-0.3, -0.25) is 0 Å². The molecular weight excluding hydrogens is 571 g/mol. The molecule has 0 N–H and O–H groups in total. The van der Waals surface area contributed by atoms with Crippen molar-refractivity contribution in [2.45, 2.75) is 122 Å². The third kappa shape index (κ3) is 20.3. The fraction of sp³-hybridized carbons (Fsp3) is 0.781. The zero-order valence-corrected chi connectivity index (χ0v) is 27.6. The fourth-order valence-corrected chi connectivity index (χ4v) is 6.64. The highest BCUT2D eigenvalue weighted by atomic mass is 32.2. The summed E-state index contributed by atoms with van der Waals surface area (Å²) in [5, 5.41) is 2.90. The van der Waals surface area contributed by atoms with Crippen molar-refractivity contribution in [2.24, 2.45) is 0 Å². The van der Waals surface area contributed by atoms with E-state index >= 15 is 0 Å². The lowest BCUT2D eigenvalue weighted by Crippen LogP contribution is -2.34. The van der Waals surface area contributed by atoms with Crippen molar-refractivity contribution in [3.8, 4) is 6.01 Å². The quantitative estimate of drug-likeness (QED) is 0.0851. The van der Waals surface area contributed by atoms with E-state index < -0.39 is 15.9 Å². The minimum atomic E-state index is -3.41. The van der Waals surface area contributed by atoms with Crippen LogP contribution in [0.1, 0.15) is 115 Å². The second-order valence-electron chi connectivity index (χ2n) is 11.1. The van der Waals surface area contributed by atoms with Gasteiger partial charge in [-0.2, -0.15) is 0 Å². The predicted octanol–water partition coefficient (Wildman–Crippen LogP) is 7.63. The molecular formula is C32H55N3O5S2. The monoisotopic (exact) mass is 625 g/mol. The summed E-state index contributed by atoms with van der Waals surface area (Å²) in [6.07, 6.45) is 26.1. The molecule has 0 bridgehead atoms. The maximum Gasteiger partial charge on any atom is 0.316 e. The van der Waals surface area contributed by atoms with Gasteiger partial charge >= 0.3 is 6.01 Å². The van der Waals surface area contributed by atoms with E-state index in [9.17, 15) is 8.42 Å². The number of nitrogens with zero attached hydrogens (tertiary/aromatic N) is 3. The molecule has 0 fully saturated rings. The molecule has 0 aliphatic rings. The number of aromatic nitrogens is 3. The number of unbranched alkanes of at least 4 members (excludes halogenated alkanes) is 15. The summed E-state index contributed by atoms with van der Waals surface area (Å²) in [6.45, 7) is 3.64. The zero-order chi connectivity index (χ0) is 30.0. The average molecular weight is 626 g/mol. The van der Waals surface area contributed by atoms with Gasteiger partial charge in [-0.05, 0) is 12.5 Å². The Balaban J connectivity index is 1.51. The lowest BCUT2D eigenvalue weighted by Gasteiger charge is -2.18. The molecule has 0 aliphatic carbocycles. The van der Waals surface area contributed by atoms with E-state index in [0.717, 1.165) is 17.8 Å². The van der Waals surface area contributed by atoms with Crippen LogP contribution in [0.4, 0.5) is 0 Å². The number of sulfone groups is 1. The number of rotatable bonds is 29. The molecule has 1 unspecified atom stereocenters. The molecule has 0 amide bonds. The summed E-state index contributed by atoms with van der Waals surface area (Å²) < 4.78 is 42.7. The normalized spacial score (nSPS) is 12.5. The minimum Gasteiger partial charge on any atom is -0.457 e. The van der Waals surface area contributed by atoms with E-state index in [1.54, 1.807) is 36.0 Å². The van der Waals surface area contributed by atoms with Gasteiger partial charge in [0, 0.05) is 37.0 Å². The van der Waals surface area contributed by atoms with Gasteiger partial charge in [-0.15, -0.1) is 11.3 Å². The van der Waals surface area contributed by atoms with Crippen LogP contribution in [0.5, 0.6) is 6.01 Å². The Kier molecular flexibility index (Phi) is 21.6. The Morgan fingerprint density at radius 2 is 1.31 bits per heavy atom. The SMILES string of the molecule is CCCCCCCCCCCCCCCCCCOCC(CS(=O)(=O)CCOCCc1nccs1)Oc1ncccn1. The maximum atomic E-state index is 12.7. The van der Waals surface area contributed by atoms with Crippen LogP contribution in [-0.4, -0.2) is 67.4 Å². The lowest BCUT2D eigenvalue weighted by molar-refractivity contribution is 0.0533. The third-order valence-corrected chi connectivity index (χ3v) is 9.69. The molecule has 2 rings (SSSR count). The third-order valence-electron chi connectivity index (χ3n) is 7.18. The first-order valence-electron chi connectivity index (χ1n) is 16.3. The van der Waals surface area contributed by atoms with Crippen molar-refractivity contribution in [3.05, 3.63) is 35.0 Å². The summed E-state index contributed by atoms with van der Waals surface area (Å²) in [5.74, 6) is -0.237. The summed E-state index contributed by atoms with van der Waals surface area (Å²) in [6, 6.07) is 1.85. The zero-order valence-electron chi connectivity index (χ0n) is 25.9. The van der Waals surface area contributed by atoms with E-state index in [0.29, 0.717) is 19.6 Å². The van der Waals surface area contributed by atoms with Crippen LogP contribution in [0.15, 0.2) is 30.0 Å². The molecule has 0 saturated heterocycles. The average Bonchev–Trinajstić information content (AvgIpc) is 3.50. The van der Waals surface area contributed by atoms with Crippen LogP contribution >= 0.6 is 11.3 Å². The molecule has 0 radical (unpaired) electrons. The molecule has 42 heavy (non-hydrogen) atoms. The fourth-order valence-electron chi connectivity index (χ4n) is 4.77. The maximum absolute atomic E-state index is 12.7. The standard InChI is InChI=1S/C32H55N3O5S2/c1-2-3-4-5-6-7-8-9-10-11-12-13-14-15-16-17-23-39-28-30(40-32-34-20-18-21-35-32)29-42(36,37)27-25-38-24-19-31-33-22-26-41-31/h18,20-22,26,30H,2-17,19,23-25,27-29H2,1H3. The number of ether oxygens (including phenoxy) is 3. The molecule has 10 heteroatoms. The Morgan fingerprint density at radius 3 is 1.88 bits per heavy atom. The molecule has 0 aromatic carbocycles. The van der Waals surface area contributed by atoms with Crippen molar-refractivity contribution in [1.82, 2.24) is 15.0 Å². The second-order valence-corrected chi connectivity index (χ2v) is 14.3. The highest BCUT2D eigenvalue weighted by Gasteiger charge is 2.22. The number of hydrogen-bond donors (Lipinski definition) is 0.